The predicted octanol–water partition coefficient (Wildman–Crippen LogP) is 5.02. The molecule has 5 nitrogen and oxygen atoms in total. The molecule has 0 bridgehead atoms. The second-order valence-electron chi connectivity index (χ2n) is 6.14. The second-order valence-corrected chi connectivity index (χ2v) is 7.01. The van der Waals surface area contributed by atoms with Crippen molar-refractivity contribution >= 4 is 29.1 Å². The van der Waals surface area contributed by atoms with E-state index in [4.69, 9.17) is 27.7 Å². The Morgan fingerprint density at radius 3 is 2.58 bits per heavy atom. The Morgan fingerprint density at radius 2 is 1.85 bits per heavy atom. The number of likely N-dealkylation sites (tertiary alicyclic amines) is 1. The first-order chi connectivity index (χ1) is 12.6. The Morgan fingerprint density at radius 1 is 1.12 bits per heavy atom. The number of carbonyl (C=O) groups is 1. The Kier molecular flexibility index (Phi) is 4.66. The molecule has 3 aromatic rings. The van der Waals surface area contributed by atoms with Gasteiger partial charge in [-0.25, -0.2) is 0 Å². The molecule has 7 heteroatoms. The molecule has 4 rings (SSSR count). The number of benzene rings is 2. The Hall–Kier alpha value is -2.37. The zero-order valence-corrected chi connectivity index (χ0v) is 15.2. The van der Waals surface area contributed by atoms with Gasteiger partial charge in [0.1, 0.15) is 6.04 Å². The van der Waals surface area contributed by atoms with Crippen molar-refractivity contribution in [2.45, 2.75) is 18.9 Å². The number of hydrogen-bond donors (Lipinski definition) is 0. The minimum atomic E-state index is -0.245. The van der Waals surface area contributed by atoms with Crippen molar-refractivity contribution < 1.29 is 9.32 Å². The molecule has 1 fully saturated rings. The maximum Gasteiger partial charge on any atom is 0.254 e. The molecular formula is C19H15Cl2N3O2. The normalized spacial score (nSPS) is 16.8. The van der Waals surface area contributed by atoms with Crippen molar-refractivity contribution in [3.63, 3.8) is 0 Å². The van der Waals surface area contributed by atoms with Crippen LogP contribution in [0.3, 0.4) is 0 Å². The van der Waals surface area contributed by atoms with Gasteiger partial charge in [-0.15, -0.1) is 0 Å². The van der Waals surface area contributed by atoms with Crippen molar-refractivity contribution in [3.8, 4) is 11.4 Å². The standard InChI is InChI=1S/C19H15Cl2N3O2/c20-14-9-13(10-15(21)11-14)19(25)24-8-4-7-16(24)18-22-17(23-26-18)12-5-2-1-3-6-12/h1-3,5-6,9-11,16H,4,7-8H2. The van der Waals surface area contributed by atoms with Gasteiger partial charge in [0, 0.05) is 27.7 Å². The lowest BCUT2D eigenvalue weighted by Crippen LogP contribution is -2.30. The number of rotatable bonds is 3. The fraction of sp³-hybridized carbons (Fsp3) is 0.211. The Labute approximate surface area is 160 Å². The average Bonchev–Trinajstić information content (AvgIpc) is 3.30. The van der Waals surface area contributed by atoms with Gasteiger partial charge in [-0.05, 0) is 31.0 Å². The quantitative estimate of drug-likeness (QED) is 0.632. The third-order valence-electron chi connectivity index (χ3n) is 4.38. The van der Waals surface area contributed by atoms with Crippen molar-refractivity contribution in [2.24, 2.45) is 0 Å². The number of halogens is 2. The first kappa shape index (κ1) is 17.1. The average molecular weight is 388 g/mol. The van der Waals surface area contributed by atoms with Gasteiger partial charge in [-0.3, -0.25) is 4.79 Å². The molecule has 1 atom stereocenters. The largest absolute Gasteiger partial charge is 0.337 e. The number of aromatic nitrogens is 2. The Balaban J connectivity index is 1.61. The summed E-state index contributed by atoms with van der Waals surface area (Å²) < 4.78 is 5.46. The molecule has 1 unspecified atom stereocenters. The fourth-order valence-corrected chi connectivity index (χ4v) is 3.71. The third kappa shape index (κ3) is 3.32. The topological polar surface area (TPSA) is 59.2 Å². The van der Waals surface area contributed by atoms with E-state index in [9.17, 15) is 4.79 Å². The number of hydrogen-bond acceptors (Lipinski definition) is 4. The summed E-state index contributed by atoms with van der Waals surface area (Å²) in [7, 11) is 0. The van der Waals surface area contributed by atoms with Crippen LogP contribution in [0.5, 0.6) is 0 Å². The first-order valence-electron chi connectivity index (χ1n) is 8.28. The third-order valence-corrected chi connectivity index (χ3v) is 4.82. The van der Waals surface area contributed by atoms with Crippen molar-refractivity contribution in [2.75, 3.05) is 6.54 Å². The lowest BCUT2D eigenvalue weighted by Gasteiger charge is -2.22. The second kappa shape index (κ2) is 7.09. The van der Waals surface area contributed by atoms with E-state index in [0.29, 0.717) is 33.9 Å². The van der Waals surface area contributed by atoms with Gasteiger partial charge in [0.15, 0.2) is 0 Å². The highest BCUT2D eigenvalue weighted by Gasteiger charge is 2.34. The summed E-state index contributed by atoms with van der Waals surface area (Å²) in [5.41, 5.74) is 1.33. The van der Waals surface area contributed by atoms with E-state index in [-0.39, 0.29) is 11.9 Å². The predicted molar refractivity (Wildman–Crippen MR) is 99.2 cm³/mol. The minimum Gasteiger partial charge on any atom is -0.337 e. The van der Waals surface area contributed by atoms with Gasteiger partial charge in [-0.1, -0.05) is 58.7 Å². The number of carbonyl (C=O) groups excluding carboxylic acids is 1. The van der Waals surface area contributed by atoms with Crippen LogP contribution in [0.25, 0.3) is 11.4 Å². The highest BCUT2D eigenvalue weighted by molar-refractivity contribution is 6.35. The van der Waals surface area contributed by atoms with Crippen molar-refractivity contribution in [1.29, 1.82) is 0 Å². The Bertz CT molecular complexity index is 923. The van der Waals surface area contributed by atoms with E-state index in [1.807, 2.05) is 30.3 Å². The van der Waals surface area contributed by atoms with Gasteiger partial charge in [-0.2, -0.15) is 4.98 Å². The highest BCUT2D eigenvalue weighted by atomic mass is 35.5. The van der Waals surface area contributed by atoms with E-state index in [1.165, 1.54) is 0 Å². The molecule has 2 heterocycles. The summed E-state index contributed by atoms with van der Waals surface area (Å²) in [4.78, 5) is 19.2. The van der Waals surface area contributed by atoms with E-state index in [1.54, 1.807) is 23.1 Å². The van der Waals surface area contributed by atoms with Crippen molar-refractivity contribution in [3.05, 3.63) is 70.0 Å². The zero-order chi connectivity index (χ0) is 18.1. The summed E-state index contributed by atoms with van der Waals surface area (Å²) in [5, 5.41) is 4.92. The van der Waals surface area contributed by atoms with Gasteiger partial charge >= 0.3 is 0 Å². The van der Waals surface area contributed by atoms with Crippen LogP contribution < -0.4 is 0 Å². The molecule has 2 aromatic carbocycles. The molecule has 0 saturated carbocycles. The minimum absolute atomic E-state index is 0.142. The number of amides is 1. The van der Waals surface area contributed by atoms with E-state index in [2.05, 4.69) is 10.1 Å². The fourth-order valence-electron chi connectivity index (χ4n) is 3.18. The highest BCUT2D eigenvalue weighted by Crippen LogP contribution is 2.34. The first-order valence-corrected chi connectivity index (χ1v) is 9.03. The molecule has 1 amide bonds. The zero-order valence-electron chi connectivity index (χ0n) is 13.7. The lowest BCUT2D eigenvalue weighted by atomic mass is 10.1. The van der Waals surface area contributed by atoms with Crippen LogP contribution in [0.2, 0.25) is 10.0 Å². The van der Waals surface area contributed by atoms with E-state index < -0.39 is 0 Å². The summed E-state index contributed by atoms with van der Waals surface area (Å²) >= 11 is 12.1. The van der Waals surface area contributed by atoms with Crippen LogP contribution in [0.1, 0.15) is 35.1 Å². The monoisotopic (exact) mass is 387 g/mol. The summed E-state index contributed by atoms with van der Waals surface area (Å²) in [6.07, 6.45) is 1.64. The smallest absolute Gasteiger partial charge is 0.254 e. The molecule has 132 valence electrons. The summed E-state index contributed by atoms with van der Waals surface area (Å²) in [6.45, 7) is 0.622. The van der Waals surface area contributed by atoms with Crippen LogP contribution in [0, 0.1) is 0 Å². The molecule has 1 aliphatic heterocycles. The van der Waals surface area contributed by atoms with Crippen LogP contribution in [-0.2, 0) is 0 Å². The van der Waals surface area contributed by atoms with Crippen molar-refractivity contribution in [1.82, 2.24) is 15.0 Å². The maximum absolute atomic E-state index is 12.9. The molecule has 1 aliphatic rings. The van der Waals surface area contributed by atoms with Crippen LogP contribution in [0.4, 0.5) is 0 Å². The van der Waals surface area contributed by atoms with Crippen LogP contribution in [0.15, 0.2) is 53.1 Å². The number of nitrogens with zero attached hydrogens (tertiary/aromatic N) is 3. The molecule has 1 saturated heterocycles. The molecule has 0 N–H and O–H groups in total. The van der Waals surface area contributed by atoms with Gasteiger partial charge in [0.05, 0.1) is 0 Å². The molecule has 0 aliphatic carbocycles. The molecule has 0 radical (unpaired) electrons. The molecule has 1 aromatic heterocycles. The summed E-state index contributed by atoms with van der Waals surface area (Å²) in [5.74, 6) is 0.824. The molecule has 26 heavy (non-hydrogen) atoms. The SMILES string of the molecule is O=C(c1cc(Cl)cc(Cl)c1)N1CCCC1c1nc(-c2ccccc2)no1. The molecular weight excluding hydrogens is 373 g/mol. The lowest BCUT2D eigenvalue weighted by molar-refractivity contribution is 0.0710. The summed E-state index contributed by atoms with van der Waals surface area (Å²) in [6, 6.07) is 14.2. The van der Waals surface area contributed by atoms with Crippen LogP contribution in [-0.4, -0.2) is 27.5 Å². The maximum atomic E-state index is 12.9. The van der Waals surface area contributed by atoms with Gasteiger partial charge in [0.2, 0.25) is 11.7 Å². The van der Waals surface area contributed by atoms with Gasteiger partial charge in [0.25, 0.3) is 5.91 Å². The molecule has 0 spiro atoms. The van der Waals surface area contributed by atoms with E-state index >= 15 is 0 Å². The van der Waals surface area contributed by atoms with Crippen LogP contribution >= 0.6 is 23.2 Å². The van der Waals surface area contributed by atoms with E-state index in [0.717, 1.165) is 18.4 Å². The van der Waals surface area contributed by atoms with Gasteiger partial charge < -0.3 is 9.42 Å².